The van der Waals surface area contributed by atoms with Gasteiger partial charge in [0.2, 0.25) is 5.88 Å². The zero-order chi connectivity index (χ0) is 27.9. The predicted octanol–water partition coefficient (Wildman–Crippen LogP) is 3.84. The minimum absolute atomic E-state index is 0.0695. The van der Waals surface area contributed by atoms with Crippen LogP contribution in [0.15, 0.2) is 48.5 Å². The van der Waals surface area contributed by atoms with Gasteiger partial charge in [-0.05, 0) is 43.2 Å². The number of benzene rings is 2. The number of ether oxygens (including phenoxy) is 2. The highest BCUT2D eigenvalue weighted by Gasteiger charge is 2.35. The zero-order valence-electron chi connectivity index (χ0n) is 22.4. The van der Waals surface area contributed by atoms with E-state index < -0.39 is 29.8 Å². The molecule has 2 aromatic carbocycles. The van der Waals surface area contributed by atoms with Crippen molar-refractivity contribution in [1.29, 1.82) is 0 Å². The minimum atomic E-state index is -0.661. The Morgan fingerprint density at radius 1 is 1.18 bits per heavy atom. The maximum absolute atomic E-state index is 14.0. The Kier molecular flexibility index (Phi) is 9.50. The Morgan fingerprint density at radius 2 is 1.90 bits per heavy atom. The standard InChI is InChI=1S/C28H35F2N5O4/c1-4-23(36)17-39-27-18(2)26(35(33-27)22-8-6-5-7-9-22)32-28(37)31-25-16-34(10-11-38-3)15-24(25)19-12-20(29)14-21(30)13-19/h5-9,12-14,23-25,36H,4,10-11,15-17H2,1-3H3,(H2,31,32,37)/t23-,24+,25-/m1/s1. The summed E-state index contributed by atoms with van der Waals surface area (Å²) in [4.78, 5) is 15.4. The van der Waals surface area contributed by atoms with Crippen LogP contribution in [-0.4, -0.2) is 77.9 Å². The van der Waals surface area contributed by atoms with Crippen molar-refractivity contribution in [3.63, 3.8) is 0 Å². The van der Waals surface area contributed by atoms with E-state index in [1.165, 1.54) is 12.1 Å². The van der Waals surface area contributed by atoms with Crippen LogP contribution < -0.4 is 15.4 Å². The molecule has 0 spiro atoms. The number of nitrogens with one attached hydrogen (secondary N) is 2. The third-order valence-corrected chi connectivity index (χ3v) is 6.83. The molecular formula is C28H35F2N5O4. The molecule has 1 saturated heterocycles. The van der Waals surface area contributed by atoms with Crippen LogP contribution in [0.4, 0.5) is 19.4 Å². The van der Waals surface area contributed by atoms with Crippen LogP contribution in [0.3, 0.4) is 0 Å². The fourth-order valence-corrected chi connectivity index (χ4v) is 4.68. The maximum Gasteiger partial charge on any atom is 0.320 e. The second kappa shape index (κ2) is 13.0. The monoisotopic (exact) mass is 543 g/mol. The Balaban J connectivity index is 1.57. The van der Waals surface area contributed by atoms with Crippen LogP contribution >= 0.6 is 0 Å². The number of amides is 2. The van der Waals surface area contributed by atoms with Gasteiger partial charge in [-0.15, -0.1) is 5.10 Å². The molecule has 11 heteroatoms. The number of aromatic nitrogens is 2. The van der Waals surface area contributed by atoms with Crippen LogP contribution in [0.2, 0.25) is 0 Å². The van der Waals surface area contributed by atoms with E-state index in [4.69, 9.17) is 9.47 Å². The van der Waals surface area contributed by atoms with Crippen molar-refractivity contribution in [3.8, 4) is 11.6 Å². The van der Waals surface area contributed by atoms with Gasteiger partial charge in [0.05, 0.1) is 30.0 Å². The highest BCUT2D eigenvalue weighted by atomic mass is 19.1. The van der Waals surface area contributed by atoms with Gasteiger partial charge in [0, 0.05) is 38.7 Å². The first-order valence-electron chi connectivity index (χ1n) is 13.0. The molecule has 9 nitrogen and oxygen atoms in total. The van der Waals surface area contributed by atoms with Gasteiger partial charge >= 0.3 is 6.03 Å². The van der Waals surface area contributed by atoms with Crippen molar-refractivity contribution in [3.05, 3.63) is 71.3 Å². The molecule has 1 aliphatic heterocycles. The van der Waals surface area contributed by atoms with Gasteiger partial charge in [0.1, 0.15) is 24.1 Å². The second-order valence-corrected chi connectivity index (χ2v) is 9.67. The van der Waals surface area contributed by atoms with Crippen LogP contribution in [0.25, 0.3) is 5.69 Å². The number of hydrogen-bond donors (Lipinski definition) is 3. The molecule has 1 fully saturated rings. The summed E-state index contributed by atoms with van der Waals surface area (Å²) in [6.45, 7) is 5.81. The number of aliphatic hydroxyl groups excluding tert-OH is 1. The molecule has 0 unspecified atom stereocenters. The molecule has 210 valence electrons. The third kappa shape index (κ3) is 7.11. The number of halogens is 2. The van der Waals surface area contributed by atoms with Crippen molar-refractivity contribution in [1.82, 2.24) is 20.0 Å². The predicted molar refractivity (Wildman–Crippen MR) is 143 cm³/mol. The molecule has 0 aliphatic carbocycles. The topological polar surface area (TPSA) is 101 Å². The molecule has 1 aliphatic rings. The molecule has 0 radical (unpaired) electrons. The molecule has 2 amide bonds. The lowest BCUT2D eigenvalue weighted by atomic mass is 9.94. The van der Waals surface area contributed by atoms with E-state index in [9.17, 15) is 18.7 Å². The zero-order valence-corrected chi connectivity index (χ0v) is 22.4. The largest absolute Gasteiger partial charge is 0.474 e. The summed E-state index contributed by atoms with van der Waals surface area (Å²) in [5.41, 5.74) is 1.78. The lowest BCUT2D eigenvalue weighted by Crippen LogP contribution is -2.42. The third-order valence-electron chi connectivity index (χ3n) is 6.83. The van der Waals surface area contributed by atoms with Crippen LogP contribution in [0.1, 0.15) is 30.4 Å². The lowest BCUT2D eigenvalue weighted by Gasteiger charge is -2.21. The van der Waals surface area contributed by atoms with E-state index in [1.54, 1.807) is 18.7 Å². The van der Waals surface area contributed by atoms with E-state index in [0.29, 0.717) is 61.2 Å². The van der Waals surface area contributed by atoms with Crippen molar-refractivity contribution in [2.24, 2.45) is 0 Å². The smallest absolute Gasteiger partial charge is 0.320 e. The van der Waals surface area contributed by atoms with E-state index in [1.807, 2.05) is 37.3 Å². The SMILES string of the molecule is CC[C@@H](O)COc1nn(-c2ccccc2)c(NC(=O)N[C@@H]2CN(CCOC)C[C@H]2c2cc(F)cc(F)c2)c1C. The Labute approximate surface area is 226 Å². The van der Waals surface area contributed by atoms with Gasteiger partial charge in [0.15, 0.2) is 0 Å². The van der Waals surface area contributed by atoms with Crippen molar-refractivity contribution < 1.29 is 28.2 Å². The maximum atomic E-state index is 14.0. The molecule has 0 bridgehead atoms. The average Bonchev–Trinajstić information content (AvgIpc) is 3.46. The summed E-state index contributed by atoms with van der Waals surface area (Å²) < 4.78 is 40.6. The van der Waals surface area contributed by atoms with Crippen molar-refractivity contribution in [2.45, 2.75) is 38.3 Å². The van der Waals surface area contributed by atoms with Gasteiger partial charge in [-0.2, -0.15) is 0 Å². The molecule has 1 aromatic heterocycles. The van der Waals surface area contributed by atoms with Gasteiger partial charge in [-0.25, -0.2) is 18.3 Å². The first-order chi connectivity index (χ1) is 18.8. The quantitative estimate of drug-likeness (QED) is 0.340. The van der Waals surface area contributed by atoms with Crippen molar-refractivity contribution >= 4 is 11.8 Å². The first kappa shape index (κ1) is 28.5. The van der Waals surface area contributed by atoms with Crippen LogP contribution in [0.5, 0.6) is 5.88 Å². The van der Waals surface area contributed by atoms with E-state index in [-0.39, 0.29) is 12.5 Å². The van der Waals surface area contributed by atoms with E-state index >= 15 is 0 Å². The summed E-state index contributed by atoms with van der Waals surface area (Å²) in [5.74, 6) is -0.950. The molecule has 0 saturated carbocycles. The van der Waals surface area contributed by atoms with Crippen molar-refractivity contribution in [2.75, 3.05) is 45.3 Å². The Morgan fingerprint density at radius 3 is 2.56 bits per heavy atom. The highest BCUT2D eigenvalue weighted by molar-refractivity contribution is 5.90. The number of carbonyl (C=O) groups excluding carboxylic acids is 1. The Hall–Kier alpha value is -3.54. The van der Waals surface area contributed by atoms with Gasteiger partial charge in [0.25, 0.3) is 0 Å². The molecule has 3 aromatic rings. The molecule has 3 atom stereocenters. The number of hydrogen-bond acceptors (Lipinski definition) is 6. The number of nitrogens with zero attached hydrogens (tertiary/aromatic N) is 3. The summed E-state index contributed by atoms with van der Waals surface area (Å²) in [6.07, 6.45) is -0.107. The second-order valence-electron chi connectivity index (χ2n) is 9.67. The number of carbonyl (C=O) groups is 1. The number of aliphatic hydroxyl groups is 1. The number of para-hydroxylation sites is 1. The highest BCUT2D eigenvalue weighted by Crippen LogP contribution is 2.31. The number of rotatable bonds is 11. The van der Waals surface area contributed by atoms with E-state index in [2.05, 4.69) is 20.6 Å². The lowest BCUT2D eigenvalue weighted by molar-refractivity contribution is 0.101. The molecule has 39 heavy (non-hydrogen) atoms. The summed E-state index contributed by atoms with van der Waals surface area (Å²) in [6, 6.07) is 11.8. The summed E-state index contributed by atoms with van der Waals surface area (Å²) in [7, 11) is 1.61. The molecule has 3 N–H and O–H groups in total. The average molecular weight is 544 g/mol. The minimum Gasteiger partial charge on any atom is -0.474 e. The van der Waals surface area contributed by atoms with Crippen LogP contribution in [0, 0.1) is 18.6 Å². The summed E-state index contributed by atoms with van der Waals surface area (Å²) >= 11 is 0. The summed E-state index contributed by atoms with van der Waals surface area (Å²) in [5, 5.41) is 20.4. The number of anilines is 1. The number of methoxy groups -OCH3 is 1. The van der Waals surface area contributed by atoms with Crippen LogP contribution in [-0.2, 0) is 4.74 Å². The van der Waals surface area contributed by atoms with E-state index in [0.717, 1.165) is 6.07 Å². The molecule has 2 heterocycles. The fraction of sp³-hybridized carbons (Fsp3) is 0.429. The van der Waals surface area contributed by atoms with Gasteiger partial charge in [-0.1, -0.05) is 25.1 Å². The fourth-order valence-electron chi connectivity index (χ4n) is 4.68. The van der Waals surface area contributed by atoms with Gasteiger partial charge < -0.3 is 19.9 Å². The number of likely N-dealkylation sites (tertiary alicyclic amines) is 1. The molecule has 4 rings (SSSR count). The first-order valence-corrected chi connectivity index (χ1v) is 13.0. The van der Waals surface area contributed by atoms with Gasteiger partial charge in [-0.3, -0.25) is 10.2 Å². The number of urea groups is 1. The Bertz CT molecular complexity index is 1240. The molecular weight excluding hydrogens is 508 g/mol. The normalized spacial score (nSPS) is 18.2.